The van der Waals surface area contributed by atoms with Crippen molar-refractivity contribution in [1.82, 2.24) is 15.2 Å². The van der Waals surface area contributed by atoms with Crippen LogP contribution in [0.2, 0.25) is 0 Å². The predicted octanol–water partition coefficient (Wildman–Crippen LogP) is 3.93. The molecule has 0 spiro atoms. The Balaban J connectivity index is 1.36. The number of pyridine rings is 1. The summed E-state index contributed by atoms with van der Waals surface area (Å²) in [4.78, 5) is 31.9. The highest BCUT2D eigenvalue weighted by Gasteiger charge is 2.33. The molecule has 29 heavy (non-hydrogen) atoms. The van der Waals surface area contributed by atoms with E-state index in [1.165, 1.54) is 0 Å². The van der Waals surface area contributed by atoms with Crippen LogP contribution in [-0.2, 0) is 6.54 Å². The second-order valence-electron chi connectivity index (χ2n) is 7.98. The van der Waals surface area contributed by atoms with Crippen LogP contribution in [0.15, 0.2) is 60.8 Å². The molecule has 2 amide bonds. The molecule has 1 aromatic heterocycles. The van der Waals surface area contributed by atoms with Crippen LogP contribution in [0.4, 0.5) is 0 Å². The van der Waals surface area contributed by atoms with E-state index in [9.17, 15) is 9.59 Å². The van der Waals surface area contributed by atoms with Crippen molar-refractivity contribution in [2.75, 3.05) is 0 Å². The van der Waals surface area contributed by atoms with E-state index in [1.807, 2.05) is 59.5 Å². The molecule has 2 fully saturated rings. The van der Waals surface area contributed by atoms with Crippen molar-refractivity contribution in [3.8, 4) is 0 Å². The van der Waals surface area contributed by atoms with E-state index in [-0.39, 0.29) is 17.9 Å². The molecule has 5 heteroatoms. The highest BCUT2D eigenvalue weighted by Crippen LogP contribution is 2.31. The Kier molecular flexibility index (Phi) is 4.51. The molecule has 0 aliphatic heterocycles. The van der Waals surface area contributed by atoms with Gasteiger partial charge in [-0.1, -0.05) is 24.3 Å². The number of amides is 2. The van der Waals surface area contributed by atoms with Crippen molar-refractivity contribution >= 4 is 22.7 Å². The maximum atomic E-state index is 13.4. The quantitative estimate of drug-likeness (QED) is 0.699. The fourth-order valence-electron chi connectivity index (χ4n) is 3.65. The SMILES string of the molecule is O=C(NC1CC1)c1ccc(CN(C(=O)c2cccc3ncccc23)C2CC2)cc1. The number of aromatic nitrogens is 1. The van der Waals surface area contributed by atoms with E-state index in [4.69, 9.17) is 0 Å². The molecule has 0 atom stereocenters. The number of nitrogens with zero attached hydrogens (tertiary/aromatic N) is 2. The van der Waals surface area contributed by atoms with Gasteiger partial charge in [-0.05, 0) is 61.6 Å². The summed E-state index contributed by atoms with van der Waals surface area (Å²) in [7, 11) is 0. The second kappa shape index (κ2) is 7.32. The standard InChI is InChI=1S/C24H23N3O2/c28-23(26-18-10-11-18)17-8-6-16(7-9-17)15-27(19-12-13-19)24(29)21-3-1-5-22-20(21)4-2-14-25-22/h1-9,14,18-19H,10-13,15H2,(H,26,28). The van der Waals surface area contributed by atoms with Crippen molar-refractivity contribution in [3.63, 3.8) is 0 Å². The van der Waals surface area contributed by atoms with Gasteiger partial charge in [0.1, 0.15) is 0 Å². The van der Waals surface area contributed by atoms with Crippen LogP contribution < -0.4 is 5.32 Å². The lowest BCUT2D eigenvalue weighted by molar-refractivity contribution is 0.0731. The summed E-state index contributed by atoms with van der Waals surface area (Å²) >= 11 is 0. The maximum absolute atomic E-state index is 13.4. The van der Waals surface area contributed by atoms with Crippen LogP contribution in [0, 0.1) is 0 Å². The van der Waals surface area contributed by atoms with Gasteiger partial charge in [0.2, 0.25) is 0 Å². The van der Waals surface area contributed by atoms with E-state index >= 15 is 0 Å². The van der Waals surface area contributed by atoms with E-state index in [0.717, 1.165) is 42.1 Å². The smallest absolute Gasteiger partial charge is 0.255 e. The minimum absolute atomic E-state index is 0.0163. The van der Waals surface area contributed by atoms with Crippen LogP contribution in [0.1, 0.15) is 52.0 Å². The third-order valence-electron chi connectivity index (χ3n) is 5.61. The summed E-state index contributed by atoms with van der Waals surface area (Å²) in [5, 5.41) is 3.89. The Labute approximate surface area is 169 Å². The highest BCUT2D eigenvalue weighted by molar-refractivity contribution is 6.06. The zero-order chi connectivity index (χ0) is 19.8. The fourth-order valence-corrected chi connectivity index (χ4v) is 3.65. The Bertz CT molecular complexity index is 1060. The van der Waals surface area contributed by atoms with Gasteiger partial charge in [0.25, 0.3) is 11.8 Å². The number of nitrogens with one attached hydrogen (secondary N) is 1. The Hall–Kier alpha value is -3.21. The first-order chi connectivity index (χ1) is 14.2. The molecule has 0 unspecified atom stereocenters. The second-order valence-corrected chi connectivity index (χ2v) is 7.98. The summed E-state index contributed by atoms with van der Waals surface area (Å²) in [6, 6.07) is 17.8. The number of benzene rings is 2. The molecular weight excluding hydrogens is 362 g/mol. The van der Waals surface area contributed by atoms with Gasteiger partial charge in [-0.25, -0.2) is 0 Å². The van der Waals surface area contributed by atoms with Gasteiger partial charge in [0, 0.05) is 41.3 Å². The van der Waals surface area contributed by atoms with Gasteiger partial charge >= 0.3 is 0 Å². The predicted molar refractivity (Wildman–Crippen MR) is 112 cm³/mol. The maximum Gasteiger partial charge on any atom is 0.255 e. The van der Waals surface area contributed by atoms with Gasteiger partial charge in [-0.3, -0.25) is 14.6 Å². The molecule has 5 rings (SSSR count). The monoisotopic (exact) mass is 385 g/mol. The molecule has 0 bridgehead atoms. The minimum atomic E-state index is -0.0163. The largest absolute Gasteiger partial charge is 0.349 e. The van der Waals surface area contributed by atoms with Crippen LogP contribution in [0.3, 0.4) is 0 Å². The molecule has 2 aromatic carbocycles. The normalized spacial score (nSPS) is 15.9. The molecule has 2 aliphatic carbocycles. The molecule has 1 heterocycles. The topological polar surface area (TPSA) is 62.3 Å². The Morgan fingerprint density at radius 3 is 2.48 bits per heavy atom. The van der Waals surface area contributed by atoms with Gasteiger partial charge in [0.05, 0.1) is 5.52 Å². The molecule has 0 saturated heterocycles. The number of rotatable bonds is 6. The van der Waals surface area contributed by atoms with Crippen molar-refractivity contribution in [1.29, 1.82) is 0 Å². The van der Waals surface area contributed by atoms with Crippen molar-refractivity contribution < 1.29 is 9.59 Å². The number of carbonyl (C=O) groups is 2. The lowest BCUT2D eigenvalue weighted by atomic mass is 10.1. The summed E-state index contributed by atoms with van der Waals surface area (Å²) in [6.07, 6.45) is 5.97. The zero-order valence-electron chi connectivity index (χ0n) is 16.2. The number of hydrogen-bond donors (Lipinski definition) is 1. The van der Waals surface area contributed by atoms with Crippen molar-refractivity contribution in [3.05, 3.63) is 77.5 Å². The zero-order valence-corrected chi connectivity index (χ0v) is 16.2. The number of hydrogen-bond acceptors (Lipinski definition) is 3. The summed E-state index contributed by atoms with van der Waals surface area (Å²) in [5.74, 6) is 0.0269. The number of carbonyl (C=O) groups excluding carboxylic acids is 2. The van der Waals surface area contributed by atoms with E-state index in [2.05, 4.69) is 10.3 Å². The first kappa shape index (κ1) is 17.9. The van der Waals surface area contributed by atoms with Gasteiger partial charge < -0.3 is 10.2 Å². The minimum Gasteiger partial charge on any atom is -0.349 e. The molecule has 3 aromatic rings. The van der Waals surface area contributed by atoms with Crippen molar-refractivity contribution in [2.45, 2.75) is 44.3 Å². The summed E-state index contributed by atoms with van der Waals surface area (Å²) in [5.41, 5.74) is 3.24. The van der Waals surface area contributed by atoms with E-state index in [0.29, 0.717) is 23.7 Å². The molecular formula is C24H23N3O2. The third kappa shape index (κ3) is 3.86. The summed E-state index contributed by atoms with van der Waals surface area (Å²) < 4.78 is 0. The lowest BCUT2D eigenvalue weighted by Gasteiger charge is -2.23. The molecule has 1 N–H and O–H groups in total. The Morgan fingerprint density at radius 2 is 1.76 bits per heavy atom. The molecule has 2 aliphatic rings. The average molecular weight is 385 g/mol. The number of fused-ring (bicyclic) bond motifs is 1. The fraction of sp³-hybridized carbons (Fsp3) is 0.292. The first-order valence-corrected chi connectivity index (χ1v) is 10.2. The van der Waals surface area contributed by atoms with Gasteiger partial charge in [-0.15, -0.1) is 0 Å². The third-order valence-corrected chi connectivity index (χ3v) is 5.61. The molecule has 146 valence electrons. The van der Waals surface area contributed by atoms with Crippen LogP contribution >= 0.6 is 0 Å². The molecule has 2 saturated carbocycles. The highest BCUT2D eigenvalue weighted by atomic mass is 16.2. The average Bonchev–Trinajstić information content (AvgIpc) is 3.67. The van der Waals surface area contributed by atoms with Gasteiger partial charge in [0.15, 0.2) is 0 Å². The van der Waals surface area contributed by atoms with Crippen LogP contribution in [0.5, 0.6) is 0 Å². The van der Waals surface area contributed by atoms with Crippen LogP contribution in [0.25, 0.3) is 10.9 Å². The summed E-state index contributed by atoms with van der Waals surface area (Å²) in [6.45, 7) is 0.546. The molecule has 0 radical (unpaired) electrons. The van der Waals surface area contributed by atoms with Gasteiger partial charge in [-0.2, -0.15) is 0 Å². The first-order valence-electron chi connectivity index (χ1n) is 10.2. The Morgan fingerprint density at radius 1 is 0.966 bits per heavy atom. The van der Waals surface area contributed by atoms with E-state index in [1.54, 1.807) is 6.20 Å². The van der Waals surface area contributed by atoms with Crippen LogP contribution in [-0.4, -0.2) is 33.8 Å². The van der Waals surface area contributed by atoms with E-state index < -0.39 is 0 Å². The van der Waals surface area contributed by atoms with Crippen molar-refractivity contribution in [2.24, 2.45) is 0 Å². The molecule has 5 nitrogen and oxygen atoms in total. The lowest BCUT2D eigenvalue weighted by Crippen LogP contribution is -2.32.